The van der Waals surface area contributed by atoms with Crippen LogP contribution >= 0.6 is 0 Å². The van der Waals surface area contributed by atoms with E-state index in [-0.39, 0.29) is 6.47 Å². The molecule has 3 aromatic heterocycles. The molecule has 1 aromatic carbocycles. The van der Waals surface area contributed by atoms with Crippen LogP contribution in [0.5, 0.6) is 0 Å². The second kappa shape index (κ2) is 9.27. The molecule has 0 atom stereocenters. The number of benzene rings is 1. The molecule has 0 amide bonds. The molecule has 0 unspecified atom stereocenters. The minimum atomic E-state index is -0.250. The molecule has 0 aliphatic rings. The number of hydrogen-bond acceptors (Lipinski definition) is 4. The highest BCUT2D eigenvalue weighted by atomic mass is 16.3. The summed E-state index contributed by atoms with van der Waals surface area (Å²) < 4.78 is 4.02. The normalized spacial score (nSPS) is 10.2. The third-order valence-electron chi connectivity index (χ3n) is 4.25. The number of carbonyl (C=O) groups is 1. The zero-order valence-electron chi connectivity index (χ0n) is 15.5. The Hall–Kier alpha value is -3.74. The smallest absolute Gasteiger partial charge is 0.290 e. The van der Waals surface area contributed by atoms with E-state index in [0.717, 1.165) is 35.5 Å². The topological polar surface area (TPSA) is 85.8 Å². The van der Waals surface area contributed by atoms with Gasteiger partial charge in [-0.25, -0.2) is 4.98 Å². The number of carboxylic acid groups (broad SMARTS) is 1. The summed E-state index contributed by atoms with van der Waals surface area (Å²) in [6, 6.07) is 12.5. The maximum Gasteiger partial charge on any atom is 0.290 e. The second-order valence-corrected chi connectivity index (χ2v) is 6.14. The molecule has 3 heterocycles. The first-order valence-electron chi connectivity index (χ1n) is 8.78. The summed E-state index contributed by atoms with van der Waals surface area (Å²) >= 11 is 0. The summed E-state index contributed by atoms with van der Waals surface area (Å²) in [5, 5.41) is 11.1. The highest BCUT2D eigenvalue weighted by molar-refractivity contribution is 5.67. The molecule has 0 aliphatic heterocycles. The average Bonchev–Trinajstić information content (AvgIpc) is 3.36. The second-order valence-electron chi connectivity index (χ2n) is 6.14. The molecule has 0 saturated heterocycles. The molecule has 0 spiro atoms. The van der Waals surface area contributed by atoms with Crippen LogP contribution in [0, 0.1) is 0 Å². The van der Waals surface area contributed by atoms with Crippen molar-refractivity contribution < 1.29 is 9.90 Å². The lowest BCUT2D eigenvalue weighted by Crippen LogP contribution is -2.02. The molecule has 0 fully saturated rings. The van der Waals surface area contributed by atoms with Crippen LogP contribution in [-0.2, 0) is 24.8 Å². The molecule has 4 rings (SSSR count). The number of nitrogens with zero attached hydrogens (tertiary/aromatic N) is 5. The molecule has 7 nitrogen and oxygen atoms in total. The minimum absolute atomic E-state index is 0.250. The zero-order valence-corrected chi connectivity index (χ0v) is 15.5. The van der Waals surface area contributed by atoms with Crippen molar-refractivity contribution in [2.24, 2.45) is 7.05 Å². The van der Waals surface area contributed by atoms with Crippen molar-refractivity contribution in [2.45, 2.75) is 13.0 Å². The third kappa shape index (κ3) is 4.70. The predicted octanol–water partition coefficient (Wildman–Crippen LogP) is 3.29. The maximum atomic E-state index is 8.36. The monoisotopic (exact) mass is 375 g/mol. The van der Waals surface area contributed by atoms with E-state index in [2.05, 4.69) is 56.2 Å². The van der Waals surface area contributed by atoms with Crippen LogP contribution < -0.4 is 0 Å². The van der Waals surface area contributed by atoms with Crippen molar-refractivity contribution in [3.05, 3.63) is 79.1 Å². The standard InChI is InChI=1S/C20H19N5.CH2O2/c1-24-15-16(13-23-24)8-11-25-12-10-22-20(25)18-6-4-17(5-7-18)19-3-2-9-21-14-19;2-1-3/h2-7,9-10,12-15H,8,11H2,1H3;1H,(H,2,3). The van der Waals surface area contributed by atoms with E-state index in [9.17, 15) is 0 Å². The van der Waals surface area contributed by atoms with Crippen molar-refractivity contribution in [1.29, 1.82) is 0 Å². The predicted molar refractivity (Wildman–Crippen MR) is 106 cm³/mol. The summed E-state index contributed by atoms with van der Waals surface area (Å²) in [6.45, 7) is 0.630. The molecule has 142 valence electrons. The van der Waals surface area contributed by atoms with E-state index in [0.29, 0.717) is 0 Å². The fourth-order valence-electron chi connectivity index (χ4n) is 2.95. The Bertz CT molecular complexity index is 1010. The Balaban J connectivity index is 0.000000706. The molecule has 0 bridgehead atoms. The number of rotatable bonds is 5. The highest BCUT2D eigenvalue weighted by Gasteiger charge is 2.07. The van der Waals surface area contributed by atoms with Crippen molar-refractivity contribution in [2.75, 3.05) is 0 Å². The van der Waals surface area contributed by atoms with Gasteiger partial charge in [-0.2, -0.15) is 5.10 Å². The molecule has 0 aliphatic carbocycles. The van der Waals surface area contributed by atoms with E-state index in [1.165, 1.54) is 5.56 Å². The summed E-state index contributed by atoms with van der Waals surface area (Å²) in [6.07, 6.45) is 12.5. The number of aryl methyl sites for hydroxylation is 3. The Morgan fingerprint density at radius 2 is 1.79 bits per heavy atom. The molecule has 1 N–H and O–H groups in total. The number of hydrogen-bond donors (Lipinski definition) is 1. The Kier molecular flexibility index (Phi) is 6.30. The molecular formula is C21H21N5O2. The van der Waals surface area contributed by atoms with Gasteiger partial charge in [-0.05, 0) is 29.2 Å². The maximum absolute atomic E-state index is 8.36. The van der Waals surface area contributed by atoms with Gasteiger partial charge in [0.05, 0.1) is 6.20 Å². The fourth-order valence-corrected chi connectivity index (χ4v) is 2.95. The van der Waals surface area contributed by atoms with E-state index in [1.54, 1.807) is 6.20 Å². The van der Waals surface area contributed by atoms with E-state index in [4.69, 9.17) is 9.90 Å². The number of pyridine rings is 1. The van der Waals surface area contributed by atoms with Gasteiger partial charge in [0.15, 0.2) is 0 Å². The van der Waals surface area contributed by atoms with Crippen LogP contribution in [0.2, 0.25) is 0 Å². The van der Waals surface area contributed by atoms with Crippen LogP contribution in [-0.4, -0.2) is 35.9 Å². The average molecular weight is 375 g/mol. The largest absolute Gasteiger partial charge is 0.483 e. The van der Waals surface area contributed by atoms with Crippen molar-refractivity contribution in [3.63, 3.8) is 0 Å². The molecule has 0 saturated carbocycles. The van der Waals surface area contributed by atoms with Crippen LogP contribution in [0.4, 0.5) is 0 Å². The van der Waals surface area contributed by atoms with Gasteiger partial charge in [-0.3, -0.25) is 14.5 Å². The first-order valence-corrected chi connectivity index (χ1v) is 8.78. The summed E-state index contributed by atoms with van der Waals surface area (Å²) in [7, 11) is 1.94. The van der Waals surface area contributed by atoms with Crippen molar-refractivity contribution in [1.82, 2.24) is 24.3 Å². The molecule has 28 heavy (non-hydrogen) atoms. The minimum Gasteiger partial charge on any atom is -0.483 e. The van der Waals surface area contributed by atoms with Crippen LogP contribution in [0.3, 0.4) is 0 Å². The van der Waals surface area contributed by atoms with Gasteiger partial charge < -0.3 is 9.67 Å². The van der Waals surface area contributed by atoms with E-state index in [1.807, 2.05) is 42.6 Å². The summed E-state index contributed by atoms with van der Waals surface area (Å²) in [5.74, 6) is 0.988. The fraction of sp³-hybridized carbons (Fsp3) is 0.143. The number of aromatic nitrogens is 5. The van der Waals surface area contributed by atoms with Gasteiger partial charge in [-0.1, -0.05) is 30.3 Å². The van der Waals surface area contributed by atoms with Crippen LogP contribution in [0.25, 0.3) is 22.5 Å². The van der Waals surface area contributed by atoms with E-state index < -0.39 is 0 Å². The lowest BCUT2D eigenvalue weighted by molar-refractivity contribution is -0.122. The highest BCUT2D eigenvalue weighted by Crippen LogP contribution is 2.23. The lowest BCUT2D eigenvalue weighted by Gasteiger charge is -2.08. The van der Waals surface area contributed by atoms with Gasteiger partial charge in [0.1, 0.15) is 5.82 Å². The summed E-state index contributed by atoms with van der Waals surface area (Å²) in [5.41, 5.74) is 4.62. The Morgan fingerprint density at radius 3 is 2.43 bits per heavy atom. The van der Waals surface area contributed by atoms with Gasteiger partial charge >= 0.3 is 0 Å². The van der Waals surface area contributed by atoms with Gasteiger partial charge in [0.2, 0.25) is 0 Å². The van der Waals surface area contributed by atoms with Gasteiger partial charge in [0, 0.05) is 50.1 Å². The molecule has 0 radical (unpaired) electrons. The lowest BCUT2D eigenvalue weighted by atomic mass is 10.1. The molecule has 4 aromatic rings. The number of imidazole rings is 1. The Morgan fingerprint density at radius 1 is 1.04 bits per heavy atom. The van der Waals surface area contributed by atoms with Crippen LogP contribution in [0.15, 0.2) is 73.6 Å². The van der Waals surface area contributed by atoms with Crippen molar-refractivity contribution >= 4 is 6.47 Å². The van der Waals surface area contributed by atoms with Crippen LogP contribution in [0.1, 0.15) is 5.56 Å². The third-order valence-corrected chi connectivity index (χ3v) is 4.25. The molecule has 7 heteroatoms. The van der Waals surface area contributed by atoms with Crippen molar-refractivity contribution in [3.8, 4) is 22.5 Å². The van der Waals surface area contributed by atoms with Gasteiger partial charge in [-0.15, -0.1) is 0 Å². The first kappa shape index (κ1) is 19.0. The summed E-state index contributed by atoms with van der Waals surface area (Å²) in [4.78, 5) is 17.1. The quantitative estimate of drug-likeness (QED) is 0.541. The first-order chi connectivity index (χ1) is 13.7. The molecular weight excluding hydrogens is 354 g/mol. The van der Waals surface area contributed by atoms with Gasteiger partial charge in [0.25, 0.3) is 6.47 Å². The Labute approximate surface area is 162 Å². The van der Waals surface area contributed by atoms with E-state index >= 15 is 0 Å². The SMILES string of the molecule is Cn1cc(CCn2ccnc2-c2ccc(-c3cccnc3)cc2)cn1.O=CO. The zero-order chi connectivity index (χ0) is 19.8.